The molecule has 0 amide bonds. The first kappa shape index (κ1) is 25.3. The van der Waals surface area contributed by atoms with Crippen molar-refractivity contribution < 1.29 is 14.0 Å². The van der Waals surface area contributed by atoms with Gasteiger partial charge in [0.2, 0.25) is 0 Å². The summed E-state index contributed by atoms with van der Waals surface area (Å²) in [6.07, 6.45) is 3.29. The van der Waals surface area contributed by atoms with Gasteiger partial charge in [0.05, 0.1) is 0 Å². The van der Waals surface area contributed by atoms with Crippen LogP contribution in [0.2, 0.25) is 35.8 Å². The van der Waals surface area contributed by atoms with E-state index in [-0.39, 0.29) is 17.6 Å². The summed E-state index contributed by atoms with van der Waals surface area (Å²) in [5, 5.41) is 10.0. The van der Waals surface area contributed by atoms with Crippen molar-refractivity contribution in [3.8, 4) is 0 Å². The molecule has 0 aliphatic heterocycles. The van der Waals surface area contributed by atoms with Gasteiger partial charge in [-0.15, -0.1) is 0 Å². The highest BCUT2D eigenvalue weighted by Gasteiger charge is 2.38. The monoisotopic (exact) mass is 390 g/mol. The summed E-state index contributed by atoms with van der Waals surface area (Å²) in [4.78, 5) is 0. The fraction of sp³-hybridized carbons (Fsp3) is 1.00. The van der Waals surface area contributed by atoms with E-state index in [9.17, 15) is 5.11 Å². The predicted molar refractivity (Wildman–Crippen MR) is 115 cm³/mol. The van der Waals surface area contributed by atoms with Gasteiger partial charge < -0.3 is 14.0 Å². The largest absolute Gasteiger partial charge is 0.417 e. The molecule has 1 N–H and O–H groups in total. The van der Waals surface area contributed by atoms with Crippen LogP contribution < -0.4 is 0 Å². The Hall–Kier alpha value is 0.314. The van der Waals surface area contributed by atoms with Crippen LogP contribution in [0.25, 0.3) is 0 Å². The number of rotatable bonds is 13. The van der Waals surface area contributed by atoms with Crippen LogP contribution in [0.4, 0.5) is 0 Å². The van der Waals surface area contributed by atoms with Gasteiger partial charge in [0, 0.05) is 25.7 Å². The minimum Gasteiger partial charge on any atom is -0.417 e. The predicted octanol–water partition coefficient (Wildman–Crippen LogP) is 6.20. The molecule has 0 radical (unpaired) electrons. The van der Waals surface area contributed by atoms with E-state index in [1.807, 2.05) is 0 Å². The van der Waals surface area contributed by atoms with E-state index in [0.717, 1.165) is 13.0 Å². The summed E-state index contributed by atoms with van der Waals surface area (Å²) in [6, 6.07) is 2.47. The molecule has 0 heterocycles. The first-order valence-corrected chi connectivity index (χ1v) is 15.6. The summed E-state index contributed by atoms with van der Waals surface area (Å²) in [7, 11) is -3.40. The van der Waals surface area contributed by atoms with Crippen LogP contribution in [0.5, 0.6) is 0 Å². The Balaban J connectivity index is 4.66. The third kappa shape index (κ3) is 8.25. The van der Waals surface area contributed by atoms with Crippen molar-refractivity contribution in [3.63, 3.8) is 0 Å². The van der Waals surface area contributed by atoms with Gasteiger partial charge in [0.25, 0.3) is 0 Å². The average molecular weight is 391 g/mol. The van der Waals surface area contributed by atoms with E-state index in [4.69, 9.17) is 8.85 Å². The number of hydrogen-bond acceptors (Lipinski definition) is 3. The number of hydrogen-bond donors (Lipinski definition) is 1. The fourth-order valence-corrected chi connectivity index (χ4v) is 8.42. The van der Waals surface area contributed by atoms with Crippen LogP contribution in [0.15, 0.2) is 0 Å². The zero-order chi connectivity index (χ0) is 19.7. The minimum absolute atomic E-state index is 0.196. The molecule has 0 aliphatic carbocycles. The molecule has 152 valence electrons. The lowest BCUT2D eigenvalue weighted by Gasteiger charge is -2.37. The van der Waals surface area contributed by atoms with E-state index in [1.54, 1.807) is 0 Å². The third-order valence-corrected chi connectivity index (χ3v) is 16.1. The molecule has 1 atom stereocenters. The van der Waals surface area contributed by atoms with E-state index in [0.29, 0.717) is 12.1 Å². The van der Waals surface area contributed by atoms with Crippen LogP contribution >= 0.6 is 0 Å². The normalized spacial score (nSPS) is 15.0. The molecule has 0 rings (SSSR count). The first-order chi connectivity index (χ1) is 11.5. The summed E-state index contributed by atoms with van der Waals surface area (Å²) in [5.41, 5.74) is 0.634. The molecule has 1 unspecified atom stereocenters. The lowest BCUT2D eigenvalue weighted by Crippen LogP contribution is -2.43. The quantitative estimate of drug-likeness (QED) is 0.380. The summed E-state index contributed by atoms with van der Waals surface area (Å²) in [6.45, 7) is 22.2. The number of aliphatic hydroxyl groups is 1. The van der Waals surface area contributed by atoms with Crippen LogP contribution in [0, 0.1) is 5.92 Å². The molecule has 25 heavy (non-hydrogen) atoms. The van der Waals surface area contributed by atoms with Gasteiger partial charge in [-0.2, -0.15) is 0 Å². The van der Waals surface area contributed by atoms with Gasteiger partial charge in [-0.25, -0.2) is 0 Å². The molecule has 0 saturated heterocycles. The highest BCUT2D eigenvalue weighted by atomic mass is 28.4. The molecular weight excluding hydrogens is 344 g/mol. The van der Waals surface area contributed by atoms with Crippen molar-refractivity contribution >= 4 is 16.6 Å². The van der Waals surface area contributed by atoms with Gasteiger partial charge in [-0.3, -0.25) is 0 Å². The Morgan fingerprint density at radius 1 is 0.960 bits per heavy atom. The van der Waals surface area contributed by atoms with Crippen molar-refractivity contribution in [3.05, 3.63) is 0 Å². The zero-order valence-electron chi connectivity index (χ0n) is 18.6. The van der Waals surface area contributed by atoms with E-state index in [2.05, 4.69) is 61.6 Å². The second-order valence-electron chi connectivity index (χ2n) is 9.48. The van der Waals surface area contributed by atoms with E-state index in [1.165, 1.54) is 24.9 Å². The zero-order valence-corrected chi connectivity index (χ0v) is 20.6. The highest BCUT2D eigenvalue weighted by molar-refractivity contribution is 6.75. The summed E-state index contributed by atoms with van der Waals surface area (Å²) in [5.74, 6) is 0.198. The van der Waals surface area contributed by atoms with Gasteiger partial charge in [0.1, 0.15) is 0 Å². The van der Waals surface area contributed by atoms with Crippen LogP contribution in [0.3, 0.4) is 0 Å². The van der Waals surface area contributed by atoms with Gasteiger partial charge >= 0.3 is 0 Å². The number of aliphatic hydroxyl groups excluding tert-OH is 1. The van der Waals surface area contributed by atoms with E-state index < -0.39 is 16.6 Å². The summed E-state index contributed by atoms with van der Waals surface area (Å²) < 4.78 is 12.9. The van der Waals surface area contributed by atoms with Crippen LogP contribution in [-0.4, -0.2) is 41.6 Å². The molecule has 0 bridgehead atoms. The topological polar surface area (TPSA) is 38.7 Å². The lowest BCUT2D eigenvalue weighted by atomic mass is 10.1. The smallest absolute Gasteiger partial charge is 0.195 e. The van der Waals surface area contributed by atoms with Crippen molar-refractivity contribution in [2.75, 3.05) is 19.8 Å². The molecule has 3 nitrogen and oxygen atoms in total. The maximum Gasteiger partial charge on any atom is 0.195 e. The Kier molecular flexibility index (Phi) is 11.4. The van der Waals surface area contributed by atoms with Gasteiger partial charge in [0.15, 0.2) is 16.6 Å². The first-order valence-electron chi connectivity index (χ1n) is 10.3. The van der Waals surface area contributed by atoms with Crippen molar-refractivity contribution in [1.82, 2.24) is 0 Å². The van der Waals surface area contributed by atoms with Crippen LogP contribution in [-0.2, 0) is 8.85 Å². The lowest BCUT2D eigenvalue weighted by molar-refractivity contribution is 0.129. The Bertz CT molecular complexity index is 345. The second kappa shape index (κ2) is 11.2. The molecular formula is C20H46O3Si2. The third-order valence-electron chi connectivity index (χ3n) is 6.06. The molecule has 0 aliphatic rings. The summed E-state index contributed by atoms with van der Waals surface area (Å²) >= 11 is 0. The minimum atomic E-state index is -1.70. The van der Waals surface area contributed by atoms with Crippen molar-refractivity contribution in [2.45, 2.75) is 103 Å². The second-order valence-corrected chi connectivity index (χ2v) is 18.9. The molecule has 0 fully saturated rings. The van der Waals surface area contributed by atoms with Gasteiger partial charge in [-0.05, 0) is 42.2 Å². The van der Waals surface area contributed by atoms with Crippen molar-refractivity contribution in [2.24, 2.45) is 5.92 Å². The van der Waals surface area contributed by atoms with Crippen molar-refractivity contribution in [1.29, 1.82) is 0 Å². The molecule has 0 aromatic carbocycles. The molecule has 0 saturated carbocycles. The SMILES string of the molecule is CCC[Si](CCC)(OCC(CO)CCO[Si](C)(C)C(C)(C)C)C(C)C. The van der Waals surface area contributed by atoms with E-state index >= 15 is 0 Å². The molecule has 0 aromatic heterocycles. The fourth-order valence-electron chi connectivity index (χ4n) is 3.07. The average Bonchev–Trinajstić information content (AvgIpc) is 2.49. The van der Waals surface area contributed by atoms with Gasteiger partial charge in [-0.1, -0.05) is 61.3 Å². The maximum absolute atomic E-state index is 9.80. The van der Waals surface area contributed by atoms with Crippen LogP contribution in [0.1, 0.15) is 67.7 Å². The Morgan fingerprint density at radius 3 is 1.84 bits per heavy atom. The highest BCUT2D eigenvalue weighted by Crippen LogP contribution is 2.37. The molecule has 5 heteroatoms. The molecule has 0 aromatic rings. The Morgan fingerprint density at radius 2 is 1.48 bits per heavy atom. The maximum atomic E-state index is 9.80. The Labute approximate surface area is 160 Å². The standard InChI is InChI=1S/C20H46O3Si2/c1-10-14-25(15-11-2,18(3)4)23-17-19(16-21)12-13-22-24(8,9)20(5,6)7/h18-19,21H,10-17H2,1-9H3. The molecule has 0 spiro atoms.